The molecule has 0 spiro atoms. The molecule has 0 unspecified atom stereocenters. The van der Waals surface area contributed by atoms with Crippen LogP contribution in [0.25, 0.3) is 5.53 Å². The zero-order valence-corrected chi connectivity index (χ0v) is 12.5. The van der Waals surface area contributed by atoms with Gasteiger partial charge in [0.05, 0.1) is 0 Å². The highest BCUT2D eigenvalue weighted by molar-refractivity contribution is 5.89. The minimum absolute atomic E-state index is 0.257. The van der Waals surface area contributed by atoms with Crippen molar-refractivity contribution in [1.29, 1.82) is 0 Å². The molecule has 2 nitrogen and oxygen atoms in total. The van der Waals surface area contributed by atoms with Crippen LogP contribution >= 0.6 is 0 Å². The number of benzene rings is 3. The van der Waals surface area contributed by atoms with Crippen molar-refractivity contribution < 1.29 is 4.79 Å². The van der Waals surface area contributed by atoms with Crippen LogP contribution in [-0.2, 0) is 5.41 Å². The quantitative estimate of drug-likeness (QED) is 0.368. The van der Waals surface area contributed by atoms with Crippen molar-refractivity contribution in [2.45, 2.75) is 11.3 Å². The lowest BCUT2D eigenvalue weighted by Crippen LogP contribution is -2.43. The second kappa shape index (κ2) is 4.28. The molecule has 0 saturated heterocycles. The van der Waals surface area contributed by atoms with E-state index in [2.05, 4.69) is 77.6 Å². The Morgan fingerprint density at radius 2 is 1.09 bits per heavy atom. The topological polar surface area (TPSA) is 36.4 Å². The largest absolute Gasteiger partial charge is 0.362 e. The highest BCUT2D eigenvalue weighted by Crippen LogP contribution is 2.57. The van der Waals surface area contributed by atoms with Crippen molar-refractivity contribution in [3.8, 4) is 0 Å². The Morgan fingerprint density at radius 1 is 0.696 bits per heavy atom. The first-order valence-electron chi connectivity index (χ1n) is 7.84. The second-order valence-electron chi connectivity index (χ2n) is 6.25. The molecule has 3 aliphatic rings. The summed E-state index contributed by atoms with van der Waals surface area (Å²) in [6.45, 7) is 0. The molecule has 0 amide bonds. The molecule has 2 heteroatoms. The zero-order chi connectivity index (χ0) is 15.4. The zero-order valence-electron chi connectivity index (χ0n) is 12.5. The Balaban J connectivity index is 2.04. The molecule has 108 valence electrons. The number of nitrogens with zero attached hydrogens (tertiary/aromatic N) is 2. The van der Waals surface area contributed by atoms with E-state index in [1.807, 2.05) is 0 Å². The van der Waals surface area contributed by atoms with E-state index in [9.17, 15) is 5.53 Å². The van der Waals surface area contributed by atoms with E-state index in [0.717, 1.165) is 0 Å². The van der Waals surface area contributed by atoms with Crippen molar-refractivity contribution in [2.75, 3.05) is 0 Å². The third-order valence-corrected chi connectivity index (χ3v) is 5.34. The maximum atomic E-state index is 9.48. The molecule has 0 radical (unpaired) electrons. The summed E-state index contributed by atoms with van der Waals surface area (Å²) in [5, 5.41) is 0. The summed E-state index contributed by atoms with van der Waals surface area (Å²) in [6, 6.07) is 25.6. The average molecular weight is 294 g/mol. The lowest BCUT2D eigenvalue weighted by molar-refractivity contribution is -0.00250. The van der Waals surface area contributed by atoms with E-state index in [4.69, 9.17) is 0 Å². The number of rotatable bonds is 1. The Kier molecular flexibility index (Phi) is 2.34. The lowest BCUT2D eigenvalue weighted by Gasteiger charge is -2.46. The first-order valence-corrected chi connectivity index (χ1v) is 7.84. The van der Waals surface area contributed by atoms with Gasteiger partial charge in [-0.2, -0.15) is 4.79 Å². The van der Waals surface area contributed by atoms with Gasteiger partial charge in [0.15, 0.2) is 0 Å². The Labute approximate surface area is 134 Å². The maximum Gasteiger partial charge on any atom is 0.276 e. The van der Waals surface area contributed by atoms with Gasteiger partial charge < -0.3 is 5.53 Å². The first-order chi connectivity index (χ1) is 11.4. The van der Waals surface area contributed by atoms with E-state index < -0.39 is 5.41 Å². The molecule has 3 aromatic carbocycles. The van der Waals surface area contributed by atoms with Crippen LogP contribution in [0.1, 0.15) is 39.3 Å². The number of hydrogen-bond donors (Lipinski definition) is 0. The first kappa shape index (κ1) is 12.6. The van der Waals surface area contributed by atoms with Gasteiger partial charge in [-0.3, -0.25) is 0 Å². The van der Waals surface area contributed by atoms with E-state index in [1.54, 1.807) is 6.21 Å². The fraction of sp³-hybridized carbons (Fsp3) is 0.0952. The van der Waals surface area contributed by atoms with Gasteiger partial charge in [0.25, 0.3) is 6.21 Å². The third-order valence-electron chi connectivity index (χ3n) is 5.34. The number of hydrogen-bond acceptors (Lipinski definition) is 0. The molecule has 0 aliphatic heterocycles. The van der Waals surface area contributed by atoms with Crippen LogP contribution in [0.15, 0.2) is 72.8 Å². The van der Waals surface area contributed by atoms with Crippen LogP contribution in [0.4, 0.5) is 0 Å². The van der Waals surface area contributed by atoms with Gasteiger partial charge in [-0.1, -0.05) is 72.8 Å². The van der Waals surface area contributed by atoms with Gasteiger partial charge >= 0.3 is 0 Å². The molecule has 3 aliphatic carbocycles. The fourth-order valence-electron chi connectivity index (χ4n) is 4.56. The lowest BCUT2D eigenvalue weighted by atomic mass is 9.53. The van der Waals surface area contributed by atoms with Gasteiger partial charge in [-0.05, 0) is 33.4 Å². The maximum absolute atomic E-state index is 9.48. The molecule has 0 saturated carbocycles. The molecule has 0 fully saturated rings. The summed E-state index contributed by atoms with van der Waals surface area (Å²) in [6.07, 6.45) is 1.69. The van der Waals surface area contributed by atoms with E-state index in [-0.39, 0.29) is 5.92 Å². The fourth-order valence-corrected chi connectivity index (χ4v) is 4.56. The van der Waals surface area contributed by atoms with Gasteiger partial charge in [0.1, 0.15) is 5.41 Å². The van der Waals surface area contributed by atoms with Gasteiger partial charge in [-0.15, -0.1) is 0 Å². The molecule has 23 heavy (non-hydrogen) atoms. The van der Waals surface area contributed by atoms with Crippen molar-refractivity contribution in [1.82, 2.24) is 0 Å². The average Bonchev–Trinajstić information content (AvgIpc) is 2.62. The van der Waals surface area contributed by atoms with Crippen LogP contribution in [0, 0.1) is 0 Å². The Bertz CT molecular complexity index is 880. The van der Waals surface area contributed by atoms with Crippen LogP contribution < -0.4 is 0 Å². The molecule has 0 heterocycles. The van der Waals surface area contributed by atoms with Crippen molar-refractivity contribution >= 4 is 6.21 Å². The normalized spacial score (nSPS) is 22.5. The molecule has 0 aromatic heterocycles. The third kappa shape index (κ3) is 1.35. The highest BCUT2D eigenvalue weighted by Gasteiger charge is 2.53. The predicted octanol–water partition coefficient (Wildman–Crippen LogP) is 4.13. The Morgan fingerprint density at radius 3 is 1.48 bits per heavy atom. The minimum Gasteiger partial charge on any atom is -0.362 e. The summed E-state index contributed by atoms with van der Waals surface area (Å²) in [7, 11) is 0. The van der Waals surface area contributed by atoms with Gasteiger partial charge in [-0.25, -0.2) is 0 Å². The summed E-state index contributed by atoms with van der Waals surface area (Å²) >= 11 is 0. The smallest absolute Gasteiger partial charge is 0.276 e. The summed E-state index contributed by atoms with van der Waals surface area (Å²) in [5.74, 6) is 0.257. The summed E-state index contributed by atoms with van der Waals surface area (Å²) in [5.41, 5.74) is 16.6. The molecule has 2 bridgehead atoms. The van der Waals surface area contributed by atoms with Crippen molar-refractivity contribution in [3.63, 3.8) is 0 Å². The van der Waals surface area contributed by atoms with E-state index in [1.165, 1.54) is 33.4 Å². The van der Waals surface area contributed by atoms with E-state index >= 15 is 0 Å². The van der Waals surface area contributed by atoms with Crippen molar-refractivity contribution in [2.24, 2.45) is 0 Å². The Hall–Kier alpha value is -2.96. The van der Waals surface area contributed by atoms with Crippen molar-refractivity contribution in [3.05, 3.63) is 112 Å². The van der Waals surface area contributed by atoms with E-state index in [0.29, 0.717) is 0 Å². The SMILES string of the molecule is [N-]=[N+]=CC12c3ccccc3C(c3ccccc31)c1ccccc12. The van der Waals surface area contributed by atoms with Crippen LogP contribution in [-0.4, -0.2) is 11.0 Å². The summed E-state index contributed by atoms with van der Waals surface area (Å²) in [4.78, 5) is 3.50. The van der Waals surface area contributed by atoms with Gasteiger partial charge in [0.2, 0.25) is 0 Å². The highest BCUT2D eigenvalue weighted by atomic mass is 14.8. The van der Waals surface area contributed by atoms with Crippen LogP contribution in [0.5, 0.6) is 0 Å². The monoisotopic (exact) mass is 294 g/mol. The molecule has 3 aromatic rings. The molecular weight excluding hydrogens is 280 g/mol. The molecule has 0 N–H and O–H groups in total. The van der Waals surface area contributed by atoms with Gasteiger partial charge in [0, 0.05) is 5.92 Å². The standard InChI is InChI=1S/C21H14N2/c22-23-13-21-17-10-4-1-7-14(17)20(15-8-2-5-11-18(15)21)16-9-3-6-12-19(16)21/h1-13,20H. The van der Waals surface area contributed by atoms with Crippen LogP contribution in [0.3, 0.4) is 0 Å². The molecule has 0 atom stereocenters. The minimum atomic E-state index is -0.507. The molecule has 6 rings (SSSR count). The second-order valence-corrected chi connectivity index (χ2v) is 6.25. The molecular formula is C21H14N2. The predicted molar refractivity (Wildman–Crippen MR) is 89.8 cm³/mol. The summed E-state index contributed by atoms with van der Waals surface area (Å²) < 4.78 is 0. The van der Waals surface area contributed by atoms with Crippen LogP contribution in [0.2, 0.25) is 0 Å².